The maximum atomic E-state index is 11.3. The average Bonchev–Trinajstić information content (AvgIpc) is 2.31. The number of aryl methyl sites for hydroxylation is 1. The number of anilines is 1. The fourth-order valence-electron chi connectivity index (χ4n) is 2.72. The first-order valence-electron chi connectivity index (χ1n) is 6.57. The van der Waals surface area contributed by atoms with Crippen LogP contribution in [-0.2, 0) is 0 Å². The van der Waals surface area contributed by atoms with Crippen molar-refractivity contribution in [1.82, 2.24) is 0 Å². The van der Waals surface area contributed by atoms with Crippen molar-refractivity contribution in [2.75, 3.05) is 18.0 Å². The van der Waals surface area contributed by atoms with E-state index < -0.39 is 0 Å². The average molecular weight is 263 g/mol. The molecule has 1 atom stereocenters. The van der Waals surface area contributed by atoms with E-state index in [-0.39, 0.29) is 22.1 Å². The summed E-state index contributed by atoms with van der Waals surface area (Å²) >= 11 is 0. The van der Waals surface area contributed by atoms with Crippen LogP contribution < -0.4 is 10.6 Å². The van der Waals surface area contributed by atoms with Crippen LogP contribution in [0.2, 0.25) is 0 Å². The van der Waals surface area contributed by atoms with Crippen LogP contribution in [0.1, 0.15) is 25.8 Å². The quantitative estimate of drug-likeness (QED) is 0.657. The van der Waals surface area contributed by atoms with Crippen LogP contribution >= 0.6 is 0 Å². The molecule has 19 heavy (non-hydrogen) atoms. The Balaban J connectivity index is 2.38. The highest BCUT2D eigenvalue weighted by molar-refractivity contribution is 5.67. The molecule has 5 nitrogen and oxygen atoms in total. The minimum Gasteiger partial charge on any atom is -0.365 e. The van der Waals surface area contributed by atoms with Crippen molar-refractivity contribution in [2.24, 2.45) is 11.1 Å². The Morgan fingerprint density at radius 2 is 2.16 bits per heavy atom. The van der Waals surface area contributed by atoms with Crippen molar-refractivity contribution in [1.29, 1.82) is 0 Å². The summed E-state index contributed by atoms with van der Waals surface area (Å²) in [7, 11) is 0. The zero-order chi connectivity index (χ0) is 14.2. The summed E-state index contributed by atoms with van der Waals surface area (Å²) < 4.78 is 0. The lowest BCUT2D eigenvalue weighted by atomic mass is 9.79. The number of rotatable bonds is 2. The van der Waals surface area contributed by atoms with E-state index in [9.17, 15) is 10.1 Å². The topological polar surface area (TPSA) is 72.4 Å². The van der Waals surface area contributed by atoms with Gasteiger partial charge in [0.1, 0.15) is 5.69 Å². The number of nitrogens with zero attached hydrogens (tertiary/aromatic N) is 2. The summed E-state index contributed by atoms with van der Waals surface area (Å²) in [5.41, 5.74) is 7.72. The third-order valence-corrected chi connectivity index (χ3v) is 4.05. The first-order valence-corrected chi connectivity index (χ1v) is 6.57. The van der Waals surface area contributed by atoms with Crippen LogP contribution in [0.4, 0.5) is 11.4 Å². The molecule has 0 saturated carbocycles. The number of nitro benzene ring substituents is 1. The molecule has 104 valence electrons. The molecule has 0 amide bonds. The Bertz CT molecular complexity index is 499. The van der Waals surface area contributed by atoms with Gasteiger partial charge in [-0.05, 0) is 24.8 Å². The number of benzene rings is 1. The van der Waals surface area contributed by atoms with Crippen LogP contribution in [0.25, 0.3) is 0 Å². The molecule has 1 saturated heterocycles. The largest absolute Gasteiger partial charge is 0.365 e. The molecular formula is C14H21N3O2. The van der Waals surface area contributed by atoms with Crippen molar-refractivity contribution in [3.8, 4) is 0 Å². The number of hydrogen-bond donors (Lipinski definition) is 1. The molecule has 0 radical (unpaired) electrons. The van der Waals surface area contributed by atoms with Gasteiger partial charge in [0.05, 0.1) is 4.92 Å². The number of para-hydroxylation sites is 1. The number of nitro groups is 1. The first-order chi connectivity index (χ1) is 8.83. The third-order valence-electron chi connectivity index (χ3n) is 4.05. The second kappa shape index (κ2) is 4.81. The van der Waals surface area contributed by atoms with E-state index >= 15 is 0 Å². The van der Waals surface area contributed by atoms with E-state index in [4.69, 9.17) is 5.73 Å². The minimum absolute atomic E-state index is 0.0319. The van der Waals surface area contributed by atoms with Crippen LogP contribution in [0.5, 0.6) is 0 Å². The second-order valence-electron chi connectivity index (χ2n) is 6.01. The smallest absolute Gasteiger partial charge is 0.295 e. The highest BCUT2D eigenvalue weighted by Gasteiger charge is 2.35. The van der Waals surface area contributed by atoms with Gasteiger partial charge in [-0.15, -0.1) is 0 Å². The molecule has 2 N–H and O–H groups in total. The SMILES string of the molecule is Cc1cccc(N2CCC(N)C(C)(C)C2)c1[N+](=O)[O-]. The Kier molecular flexibility index (Phi) is 3.49. The molecule has 1 aliphatic heterocycles. The molecule has 0 aromatic heterocycles. The molecule has 0 bridgehead atoms. The van der Waals surface area contributed by atoms with Gasteiger partial charge in [-0.25, -0.2) is 0 Å². The molecule has 0 aliphatic carbocycles. The molecule has 5 heteroatoms. The molecule has 1 unspecified atom stereocenters. The Morgan fingerprint density at radius 1 is 1.47 bits per heavy atom. The highest BCUT2D eigenvalue weighted by Crippen LogP contribution is 2.36. The van der Waals surface area contributed by atoms with Gasteiger partial charge in [0, 0.05) is 24.7 Å². The van der Waals surface area contributed by atoms with Crippen molar-refractivity contribution in [3.63, 3.8) is 0 Å². The van der Waals surface area contributed by atoms with Crippen LogP contribution in [0.15, 0.2) is 18.2 Å². The van der Waals surface area contributed by atoms with E-state index in [1.165, 1.54) is 0 Å². The van der Waals surface area contributed by atoms with E-state index in [1.807, 2.05) is 12.1 Å². The van der Waals surface area contributed by atoms with Gasteiger partial charge in [0.25, 0.3) is 5.69 Å². The fourth-order valence-corrected chi connectivity index (χ4v) is 2.72. The van der Waals surface area contributed by atoms with E-state index in [0.29, 0.717) is 11.3 Å². The van der Waals surface area contributed by atoms with Crippen molar-refractivity contribution >= 4 is 11.4 Å². The molecular weight excluding hydrogens is 242 g/mol. The Hall–Kier alpha value is -1.62. The zero-order valence-electron chi connectivity index (χ0n) is 11.7. The van der Waals surface area contributed by atoms with Crippen molar-refractivity contribution in [2.45, 2.75) is 33.2 Å². The fraction of sp³-hybridized carbons (Fsp3) is 0.571. The van der Waals surface area contributed by atoms with Gasteiger partial charge in [0.15, 0.2) is 0 Å². The van der Waals surface area contributed by atoms with Gasteiger partial charge in [-0.1, -0.05) is 26.0 Å². The molecule has 1 heterocycles. The van der Waals surface area contributed by atoms with E-state index in [0.717, 1.165) is 19.5 Å². The van der Waals surface area contributed by atoms with Crippen molar-refractivity contribution < 1.29 is 4.92 Å². The number of hydrogen-bond acceptors (Lipinski definition) is 4. The highest BCUT2D eigenvalue weighted by atomic mass is 16.6. The van der Waals surface area contributed by atoms with Crippen LogP contribution in [-0.4, -0.2) is 24.1 Å². The summed E-state index contributed by atoms with van der Waals surface area (Å²) in [5, 5.41) is 11.3. The molecule has 2 rings (SSSR count). The summed E-state index contributed by atoms with van der Waals surface area (Å²) in [6.07, 6.45) is 0.859. The summed E-state index contributed by atoms with van der Waals surface area (Å²) in [4.78, 5) is 13.1. The van der Waals surface area contributed by atoms with Gasteiger partial charge in [-0.3, -0.25) is 10.1 Å². The minimum atomic E-state index is -0.286. The molecule has 1 aromatic rings. The molecule has 1 fully saturated rings. The normalized spacial score (nSPS) is 22.3. The Morgan fingerprint density at radius 3 is 2.74 bits per heavy atom. The van der Waals surface area contributed by atoms with Crippen LogP contribution in [0, 0.1) is 22.5 Å². The van der Waals surface area contributed by atoms with Crippen molar-refractivity contribution in [3.05, 3.63) is 33.9 Å². The second-order valence-corrected chi connectivity index (χ2v) is 6.01. The number of piperidine rings is 1. The maximum absolute atomic E-state index is 11.3. The van der Waals surface area contributed by atoms with Crippen LogP contribution in [0.3, 0.4) is 0 Å². The van der Waals surface area contributed by atoms with E-state index in [1.54, 1.807) is 13.0 Å². The summed E-state index contributed by atoms with van der Waals surface area (Å²) in [5.74, 6) is 0. The monoisotopic (exact) mass is 263 g/mol. The van der Waals surface area contributed by atoms with Gasteiger partial charge in [-0.2, -0.15) is 0 Å². The predicted molar refractivity (Wildman–Crippen MR) is 76.4 cm³/mol. The zero-order valence-corrected chi connectivity index (χ0v) is 11.7. The van der Waals surface area contributed by atoms with E-state index in [2.05, 4.69) is 18.7 Å². The molecule has 1 aromatic carbocycles. The standard InChI is InChI=1S/C14H21N3O2/c1-10-5-4-6-11(13(10)17(18)19)16-8-7-12(15)14(2,3)9-16/h4-6,12H,7-9,15H2,1-3H3. The summed E-state index contributed by atoms with van der Waals surface area (Å²) in [6, 6.07) is 5.63. The lowest BCUT2D eigenvalue weighted by Gasteiger charge is -2.43. The lowest BCUT2D eigenvalue weighted by molar-refractivity contribution is -0.384. The third kappa shape index (κ3) is 2.56. The summed E-state index contributed by atoms with van der Waals surface area (Å²) in [6.45, 7) is 7.53. The molecule has 1 aliphatic rings. The first kappa shape index (κ1) is 13.8. The maximum Gasteiger partial charge on any atom is 0.295 e. The lowest BCUT2D eigenvalue weighted by Crippen LogP contribution is -2.52. The van der Waals surface area contributed by atoms with Gasteiger partial charge in [0.2, 0.25) is 0 Å². The molecule has 0 spiro atoms. The Labute approximate surface area is 113 Å². The van der Waals surface area contributed by atoms with Gasteiger partial charge < -0.3 is 10.6 Å². The van der Waals surface area contributed by atoms with Gasteiger partial charge >= 0.3 is 0 Å². The predicted octanol–water partition coefficient (Wildman–Crippen LogP) is 2.47. The number of nitrogens with two attached hydrogens (primary N) is 1.